The Labute approximate surface area is 86.0 Å². The number of nitrogens with two attached hydrogens (primary N) is 1. The van der Waals surface area contributed by atoms with Gasteiger partial charge in [-0.2, -0.15) is 0 Å². The Morgan fingerprint density at radius 1 is 1.36 bits per heavy atom. The number of hydrogen-bond acceptors (Lipinski definition) is 2. The lowest BCUT2D eigenvalue weighted by Gasteiger charge is -2.28. The summed E-state index contributed by atoms with van der Waals surface area (Å²) >= 11 is 0. The molecule has 0 aromatic heterocycles. The quantitative estimate of drug-likeness (QED) is 0.725. The van der Waals surface area contributed by atoms with Gasteiger partial charge in [-0.05, 0) is 18.9 Å². The minimum atomic E-state index is 0.0272. The lowest BCUT2D eigenvalue weighted by molar-refractivity contribution is 0.174. The van der Waals surface area contributed by atoms with Gasteiger partial charge in [-0.25, -0.2) is 4.79 Å². The van der Waals surface area contributed by atoms with Crippen LogP contribution in [0.4, 0.5) is 4.79 Å². The minimum absolute atomic E-state index is 0.0272. The van der Waals surface area contributed by atoms with Crippen LogP contribution in [0.2, 0.25) is 0 Å². The average Bonchev–Trinajstić information content (AvgIpc) is 2.47. The summed E-state index contributed by atoms with van der Waals surface area (Å²) in [7, 11) is 0. The van der Waals surface area contributed by atoms with Crippen LogP contribution in [-0.2, 0) is 0 Å². The number of nitrogens with zero attached hydrogens (tertiary/aromatic N) is 2. The van der Waals surface area contributed by atoms with Crippen LogP contribution in [0.5, 0.6) is 0 Å². The number of rotatable bonds is 4. The maximum absolute atomic E-state index is 11.7. The molecule has 0 atom stereocenters. The molecule has 1 fully saturated rings. The number of carbonyl (C=O) groups is 1. The Hall–Kier alpha value is -0.770. The van der Waals surface area contributed by atoms with E-state index >= 15 is 0 Å². The van der Waals surface area contributed by atoms with Crippen molar-refractivity contribution in [1.29, 1.82) is 0 Å². The molecule has 1 heterocycles. The fourth-order valence-corrected chi connectivity index (χ4v) is 1.65. The van der Waals surface area contributed by atoms with Gasteiger partial charge in [-0.15, -0.1) is 0 Å². The fourth-order valence-electron chi connectivity index (χ4n) is 1.65. The molecule has 0 aromatic carbocycles. The Bertz CT molecular complexity index is 215. The zero-order valence-electron chi connectivity index (χ0n) is 9.42. The van der Waals surface area contributed by atoms with E-state index in [9.17, 15) is 4.79 Å². The summed E-state index contributed by atoms with van der Waals surface area (Å²) in [4.78, 5) is 15.5. The molecule has 0 saturated carbocycles. The number of urea groups is 1. The van der Waals surface area contributed by atoms with Crippen molar-refractivity contribution < 1.29 is 4.79 Å². The highest BCUT2D eigenvalue weighted by Gasteiger charge is 2.31. The lowest BCUT2D eigenvalue weighted by atomic mass is 9.93. The predicted molar refractivity (Wildman–Crippen MR) is 57.1 cm³/mol. The van der Waals surface area contributed by atoms with E-state index in [1.807, 2.05) is 16.7 Å². The van der Waals surface area contributed by atoms with E-state index in [1.54, 1.807) is 0 Å². The van der Waals surface area contributed by atoms with E-state index in [0.29, 0.717) is 6.54 Å². The minimum Gasteiger partial charge on any atom is -0.330 e. The molecule has 0 unspecified atom stereocenters. The molecule has 0 radical (unpaired) electrons. The van der Waals surface area contributed by atoms with E-state index in [4.69, 9.17) is 5.73 Å². The Balaban J connectivity index is 2.52. The third-order valence-electron chi connectivity index (χ3n) is 2.73. The van der Waals surface area contributed by atoms with Gasteiger partial charge in [-0.1, -0.05) is 13.8 Å². The third-order valence-corrected chi connectivity index (χ3v) is 2.73. The molecule has 1 aliphatic heterocycles. The van der Waals surface area contributed by atoms with E-state index in [0.717, 1.165) is 26.2 Å². The predicted octanol–water partition coefficient (Wildman–Crippen LogP) is 0.729. The van der Waals surface area contributed by atoms with Crippen molar-refractivity contribution in [3.05, 3.63) is 0 Å². The molecule has 14 heavy (non-hydrogen) atoms. The Kier molecular flexibility index (Phi) is 3.37. The monoisotopic (exact) mass is 199 g/mol. The van der Waals surface area contributed by atoms with Crippen LogP contribution in [0.15, 0.2) is 0 Å². The molecular formula is C10H21N3O. The van der Waals surface area contributed by atoms with Crippen molar-refractivity contribution in [3.63, 3.8) is 0 Å². The molecule has 2 amide bonds. The Morgan fingerprint density at radius 2 is 1.93 bits per heavy atom. The molecule has 2 N–H and O–H groups in total. The molecule has 1 aliphatic rings. The smallest absolute Gasteiger partial charge is 0.320 e. The van der Waals surface area contributed by atoms with E-state index in [2.05, 4.69) is 13.8 Å². The second-order valence-electron chi connectivity index (χ2n) is 4.65. The van der Waals surface area contributed by atoms with Crippen molar-refractivity contribution in [2.45, 2.75) is 20.8 Å². The number of likely N-dealkylation sites (N-methyl/N-ethyl adjacent to an activating group) is 1. The highest BCUT2D eigenvalue weighted by Crippen LogP contribution is 2.18. The maximum atomic E-state index is 11.7. The first-order chi connectivity index (χ1) is 6.50. The van der Waals surface area contributed by atoms with Crippen LogP contribution >= 0.6 is 0 Å². The summed E-state index contributed by atoms with van der Waals surface area (Å²) in [5, 5.41) is 0. The first kappa shape index (κ1) is 11.3. The van der Waals surface area contributed by atoms with Crippen LogP contribution in [-0.4, -0.2) is 48.6 Å². The highest BCUT2D eigenvalue weighted by atomic mass is 16.2. The standard InChI is InChI=1S/C10H21N3O/c1-4-12-5-6-13(9(12)14)8-10(2,3)7-11/h4-8,11H2,1-3H3. The first-order valence-corrected chi connectivity index (χ1v) is 5.24. The van der Waals surface area contributed by atoms with E-state index < -0.39 is 0 Å². The highest BCUT2D eigenvalue weighted by molar-refractivity contribution is 5.76. The van der Waals surface area contributed by atoms with E-state index in [1.165, 1.54) is 0 Å². The SMILES string of the molecule is CCN1CCN(CC(C)(C)CN)C1=O. The van der Waals surface area contributed by atoms with Gasteiger partial charge in [0.15, 0.2) is 0 Å². The van der Waals surface area contributed by atoms with Crippen molar-refractivity contribution in [2.75, 3.05) is 32.7 Å². The van der Waals surface area contributed by atoms with Crippen LogP contribution in [0.25, 0.3) is 0 Å². The summed E-state index contributed by atoms with van der Waals surface area (Å²) in [6, 6.07) is 0.161. The molecule has 4 nitrogen and oxygen atoms in total. The van der Waals surface area contributed by atoms with Gasteiger partial charge in [0.2, 0.25) is 0 Å². The van der Waals surface area contributed by atoms with Crippen molar-refractivity contribution in [3.8, 4) is 0 Å². The van der Waals surface area contributed by atoms with E-state index in [-0.39, 0.29) is 11.4 Å². The molecule has 0 bridgehead atoms. The molecule has 0 aromatic rings. The molecule has 1 saturated heterocycles. The van der Waals surface area contributed by atoms with Crippen LogP contribution in [0.3, 0.4) is 0 Å². The average molecular weight is 199 g/mol. The van der Waals surface area contributed by atoms with Gasteiger partial charge >= 0.3 is 6.03 Å². The molecule has 4 heteroatoms. The van der Waals surface area contributed by atoms with Crippen LogP contribution in [0.1, 0.15) is 20.8 Å². The zero-order valence-corrected chi connectivity index (χ0v) is 9.42. The van der Waals surface area contributed by atoms with Gasteiger partial charge in [0.05, 0.1) is 0 Å². The fraction of sp³-hybridized carbons (Fsp3) is 0.900. The van der Waals surface area contributed by atoms with Crippen molar-refractivity contribution in [2.24, 2.45) is 11.1 Å². The van der Waals surface area contributed by atoms with Crippen molar-refractivity contribution >= 4 is 6.03 Å². The summed E-state index contributed by atoms with van der Waals surface area (Å²) in [6.45, 7) is 10.1. The topological polar surface area (TPSA) is 49.6 Å². The third kappa shape index (κ3) is 2.38. The molecular weight excluding hydrogens is 178 g/mol. The maximum Gasteiger partial charge on any atom is 0.320 e. The summed E-state index contributed by atoms with van der Waals surface area (Å²) < 4.78 is 0. The first-order valence-electron chi connectivity index (χ1n) is 5.24. The second-order valence-corrected chi connectivity index (χ2v) is 4.65. The summed E-state index contributed by atoms with van der Waals surface area (Å²) in [5.74, 6) is 0. The number of amides is 2. The summed E-state index contributed by atoms with van der Waals surface area (Å²) in [5.41, 5.74) is 5.67. The number of carbonyl (C=O) groups excluding carboxylic acids is 1. The Morgan fingerprint density at radius 3 is 2.36 bits per heavy atom. The number of hydrogen-bond donors (Lipinski definition) is 1. The van der Waals surface area contributed by atoms with Gasteiger partial charge < -0.3 is 15.5 Å². The van der Waals surface area contributed by atoms with Gasteiger partial charge in [0.1, 0.15) is 0 Å². The molecule has 0 spiro atoms. The van der Waals surface area contributed by atoms with Crippen LogP contribution in [0, 0.1) is 5.41 Å². The largest absolute Gasteiger partial charge is 0.330 e. The van der Waals surface area contributed by atoms with Crippen LogP contribution < -0.4 is 5.73 Å². The van der Waals surface area contributed by atoms with Gasteiger partial charge in [0.25, 0.3) is 0 Å². The summed E-state index contributed by atoms with van der Waals surface area (Å²) in [6.07, 6.45) is 0. The second kappa shape index (κ2) is 4.17. The van der Waals surface area contributed by atoms with Crippen molar-refractivity contribution in [1.82, 2.24) is 9.80 Å². The molecule has 0 aliphatic carbocycles. The zero-order chi connectivity index (χ0) is 10.8. The lowest BCUT2D eigenvalue weighted by Crippen LogP contribution is -2.41. The van der Waals surface area contributed by atoms with Gasteiger partial charge in [0, 0.05) is 26.2 Å². The normalized spacial score (nSPS) is 18.1. The molecule has 1 rings (SSSR count). The molecule has 82 valence electrons. The van der Waals surface area contributed by atoms with Gasteiger partial charge in [-0.3, -0.25) is 0 Å².